The number of pyridine rings is 1. The summed E-state index contributed by atoms with van der Waals surface area (Å²) in [7, 11) is 0. The molecule has 0 saturated heterocycles. The molecule has 2 rings (SSSR count). The number of amides is 1. The zero-order valence-corrected chi connectivity index (χ0v) is 11.3. The molecule has 0 bridgehead atoms. The van der Waals surface area contributed by atoms with Crippen molar-refractivity contribution >= 4 is 17.5 Å². The molecule has 1 aliphatic carbocycles. The van der Waals surface area contributed by atoms with E-state index in [0.29, 0.717) is 16.8 Å². The molecule has 0 radical (unpaired) electrons. The molecule has 1 fully saturated rings. The molecule has 5 heteroatoms. The summed E-state index contributed by atoms with van der Waals surface area (Å²) in [6.45, 7) is 4.52. The van der Waals surface area contributed by atoms with E-state index in [1.165, 1.54) is 0 Å². The molecular weight excluding hydrogens is 252 g/mol. The van der Waals surface area contributed by atoms with Crippen LogP contribution in [0.1, 0.15) is 35.8 Å². The van der Waals surface area contributed by atoms with Crippen molar-refractivity contribution in [1.29, 1.82) is 0 Å². The van der Waals surface area contributed by atoms with E-state index in [2.05, 4.69) is 10.3 Å². The number of aromatic nitrogens is 1. The normalized spacial score (nSPS) is 22.4. The van der Waals surface area contributed by atoms with E-state index in [1.807, 2.05) is 13.8 Å². The van der Waals surface area contributed by atoms with Crippen LogP contribution in [0.2, 0.25) is 5.15 Å². The number of carbonyl (C=O) groups is 1. The van der Waals surface area contributed by atoms with E-state index in [1.54, 1.807) is 12.1 Å². The highest BCUT2D eigenvalue weighted by atomic mass is 35.5. The minimum atomic E-state index is -0.0950. The van der Waals surface area contributed by atoms with Crippen LogP contribution in [0.5, 0.6) is 0 Å². The maximum atomic E-state index is 12.0. The monoisotopic (exact) mass is 268 g/mol. The van der Waals surface area contributed by atoms with Gasteiger partial charge in [-0.05, 0) is 38.8 Å². The first-order valence-corrected chi connectivity index (χ1v) is 6.53. The highest BCUT2D eigenvalue weighted by molar-refractivity contribution is 6.29. The van der Waals surface area contributed by atoms with Crippen molar-refractivity contribution in [3.63, 3.8) is 0 Å². The molecule has 1 aromatic heterocycles. The van der Waals surface area contributed by atoms with Gasteiger partial charge in [0.2, 0.25) is 0 Å². The Kier molecular flexibility index (Phi) is 4.19. The molecule has 98 valence electrons. The van der Waals surface area contributed by atoms with Crippen molar-refractivity contribution in [2.45, 2.75) is 38.8 Å². The number of ether oxygens (including phenoxy) is 1. The Morgan fingerprint density at radius 2 is 2.28 bits per heavy atom. The van der Waals surface area contributed by atoms with Gasteiger partial charge in [0.05, 0.1) is 6.10 Å². The first kappa shape index (κ1) is 13.3. The van der Waals surface area contributed by atoms with Crippen LogP contribution in [0.25, 0.3) is 0 Å². The fourth-order valence-electron chi connectivity index (χ4n) is 2.08. The highest BCUT2D eigenvalue weighted by Crippen LogP contribution is 2.23. The molecule has 0 aromatic carbocycles. The predicted molar refractivity (Wildman–Crippen MR) is 69.9 cm³/mol. The van der Waals surface area contributed by atoms with E-state index in [4.69, 9.17) is 16.3 Å². The number of rotatable bonds is 4. The number of carbonyl (C=O) groups excluding carboxylic acids is 1. The van der Waals surface area contributed by atoms with Crippen LogP contribution in [-0.2, 0) is 4.74 Å². The van der Waals surface area contributed by atoms with Crippen LogP contribution in [0, 0.1) is 6.92 Å². The fourth-order valence-corrected chi connectivity index (χ4v) is 2.33. The van der Waals surface area contributed by atoms with Crippen LogP contribution >= 0.6 is 11.6 Å². The van der Waals surface area contributed by atoms with Gasteiger partial charge in [0.15, 0.2) is 0 Å². The van der Waals surface area contributed by atoms with Gasteiger partial charge in [-0.1, -0.05) is 11.6 Å². The summed E-state index contributed by atoms with van der Waals surface area (Å²) in [4.78, 5) is 16.0. The third-order valence-corrected chi connectivity index (χ3v) is 3.21. The third kappa shape index (κ3) is 3.21. The first-order chi connectivity index (χ1) is 8.58. The largest absolute Gasteiger partial charge is 0.378 e. The molecule has 4 nitrogen and oxygen atoms in total. The Morgan fingerprint density at radius 3 is 2.89 bits per heavy atom. The van der Waals surface area contributed by atoms with Gasteiger partial charge in [-0.15, -0.1) is 0 Å². The number of nitrogens with one attached hydrogen (secondary N) is 1. The van der Waals surface area contributed by atoms with Crippen molar-refractivity contribution in [1.82, 2.24) is 10.3 Å². The van der Waals surface area contributed by atoms with Gasteiger partial charge < -0.3 is 10.1 Å². The minimum absolute atomic E-state index is 0.0950. The number of hydrogen-bond donors (Lipinski definition) is 1. The standard InChI is InChI=1S/C13H17ClN2O2/c1-3-18-11-6-10(7-11)16-13(17)9-4-8(2)15-12(14)5-9/h4-5,10-11H,3,6-7H2,1-2H3,(H,16,17). The molecular formula is C13H17ClN2O2. The van der Waals surface area contributed by atoms with E-state index < -0.39 is 0 Å². The number of nitrogens with zero attached hydrogens (tertiary/aromatic N) is 1. The lowest BCUT2D eigenvalue weighted by Crippen LogP contribution is -2.47. The zero-order chi connectivity index (χ0) is 13.1. The molecule has 1 aromatic rings. The minimum Gasteiger partial charge on any atom is -0.378 e. The quantitative estimate of drug-likeness (QED) is 0.853. The van der Waals surface area contributed by atoms with Gasteiger partial charge >= 0.3 is 0 Å². The average molecular weight is 269 g/mol. The molecule has 1 heterocycles. The van der Waals surface area contributed by atoms with Crippen LogP contribution in [0.4, 0.5) is 0 Å². The lowest BCUT2D eigenvalue weighted by Gasteiger charge is -2.35. The SMILES string of the molecule is CCOC1CC(NC(=O)c2cc(C)nc(Cl)c2)C1. The summed E-state index contributed by atoms with van der Waals surface area (Å²) in [5.74, 6) is -0.0950. The fraction of sp³-hybridized carbons (Fsp3) is 0.538. The van der Waals surface area contributed by atoms with Gasteiger partial charge in [0.1, 0.15) is 5.15 Å². The Bertz CT molecular complexity index is 424. The summed E-state index contributed by atoms with van der Waals surface area (Å²) in [6.07, 6.45) is 2.07. The number of halogens is 1. The molecule has 0 atom stereocenters. The molecule has 1 saturated carbocycles. The van der Waals surface area contributed by atoms with Crippen molar-refractivity contribution in [3.05, 3.63) is 28.5 Å². The molecule has 0 spiro atoms. The molecule has 0 unspecified atom stereocenters. The van der Waals surface area contributed by atoms with Gasteiger partial charge in [0.25, 0.3) is 5.91 Å². The van der Waals surface area contributed by atoms with Gasteiger partial charge in [-0.2, -0.15) is 0 Å². The van der Waals surface area contributed by atoms with E-state index in [0.717, 1.165) is 25.1 Å². The van der Waals surface area contributed by atoms with Gasteiger partial charge in [0, 0.05) is 23.9 Å². The van der Waals surface area contributed by atoms with Crippen LogP contribution in [0.3, 0.4) is 0 Å². The Labute approximate surface area is 112 Å². The summed E-state index contributed by atoms with van der Waals surface area (Å²) >= 11 is 5.83. The van der Waals surface area contributed by atoms with Crippen LogP contribution in [-0.4, -0.2) is 29.6 Å². The Balaban J connectivity index is 1.89. The Hall–Kier alpha value is -1.13. The smallest absolute Gasteiger partial charge is 0.251 e. The van der Waals surface area contributed by atoms with Crippen LogP contribution < -0.4 is 5.32 Å². The molecule has 1 N–H and O–H groups in total. The van der Waals surface area contributed by atoms with E-state index in [9.17, 15) is 4.79 Å². The summed E-state index contributed by atoms with van der Waals surface area (Å²) in [5.41, 5.74) is 1.31. The Morgan fingerprint density at radius 1 is 1.56 bits per heavy atom. The van der Waals surface area contributed by atoms with Crippen molar-refractivity contribution in [3.8, 4) is 0 Å². The first-order valence-electron chi connectivity index (χ1n) is 6.15. The maximum absolute atomic E-state index is 12.0. The molecule has 18 heavy (non-hydrogen) atoms. The second-order valence-electron chi connectivity index (χ2n) is 4.54. The number of hydrogen-bond acceptors (Lipinski definition) is 3. The van der Waals surface area contributed by atoms with Crippen molar-refractivity contribution in [2.24, 2.45) is 0 Å². The van der Waals surface area contributed by atoms with Gasteiger partial charge in [-0.25, -0.2) is 4.98 Å². The number of aryl methyl sites for hydroxylation is 1. The van der Waals surface area contributed by atoms with E-state index in [-0.39, 0.29) is 11.9 Å². The molecule has 0 aliphatic heterocycles. The summed E-state index contributed by atoms with van der Waals surface area (Å²) in [6, 6.07) is 3.53. The lowest BCUT2D eigenvalue weighted by atomic mass is 9.89. The molecule has 1 aliphatic rings. The van der Waals surface area contributed by atoms with Crippen molar-refractivity contribution in [2.75, 3.05) is 6.61 Å². The maximum Gasteiger partial charge on any atom is 0.251 e. The van der Waals surface area contributed by atoms with E-state index >= 15 is 0 Å². The van der Waals surface area contributed by atoms with Crippen LogP contribution in [0.15, 0.2) is 12.1 Å². The topological polar surface area (TPSA) is 51.2 Å². The summed E-state index contributed by atoms with van der Waals surface area (Å²) in [5, 5.41) is 3.32. The molecule has 1 amide bonds. The van der Waals surface area contributed by atoms with Crippen molar-refractivity contribution < 1.29 is 9.53 Å². The third-order valence-electron chi connectivity index (χ3n) is 3.02. The van der Waals surface area contributed by atoms with Gasteiger partial charge in [-0.3, -0.25) is 4.79 Å². The zero-order valence-electron chi connectivity index (χ0n) is 10.6. The average Bonchev–Trinajstić information content (AvgIpc) is 2.24. The second kappa shape index (κ2) is 5.67. The second-order valence-corrected chi connectivity index (χ2v) is 4.93. The highest BCUT2D eigenvalue weighted by Gasteiger charge is 2.30. The summed E-state index contributed by atoms with van der Waals surface area (Å²) < 4.78 is 5.45. The lowest BCUT2D eigenvalue weighted by molar-refractivity contribution is -0.00862. The predicted octanol–water partition coefficient (Wildman–Crippen LogP) is 2.34.